The molecule has 0 aliphatic rings. The van der Waals surface area contributed by atoms with Crippen molar-refractivity contribution in [3.63, 3.8) is 0 Å². The number of anilines is 1. The number of fused-ring (bicyclic) bond motifs is 1. The molecule has 4 N–H and O–H groups in total. The molecule has 2 aromatic carbocycles. The molecule has 17 heavy (non-hydrogen) atoms. The highest BCUT2D eigenvalue weighted by Crippen LogP contribution is 2.37. The summed E-state index contributed by atoms with van der Waals surface area (Å²) < 4.78 is 11.3. The highest BCUT2D eigenvalue weighted by Gasteiger charge is 2.21. The Hall–Kier alpha value is -1.68. The van der Waals surface area contributed by atoms with Crippen molar-refractivity contribution < 1.29 is 19.1 Å². The summed E-state index contributed by atoms with van der Waals surface area (Å²) in [5, 5.41) is 0.501. The van der Waals surface area contributed by atoms with Gasteiger partial charge in [0.15, 0.2) is 0 Å². The molecule has 0 saturated heterocycles. The number of benzene rings is 2. The molecule has 0 aliphatic carbocycles. The third-order valence-corrected chi connectivity index (χ3v) is 3.34. The molecule has 0 amide bonds. The monoisotopic (exact) mass is 250 g/mol. The number of rotatable bonds is 2. The standard InChI is InChI=1S/C11H9NO4P/c12-10-5-7(6-13)4-9-8(10)2-1-3-11(9)17(14,15)16/h1-2,4-6H,12H2,(H2,14,15,16). The number of carbonyl (C=O) groups excluding carboxylic acids is 1. The van der Waals surface area contributed by atoms with E-state index in [0.717, 1.165) is 0 Å². The lowest BCUT2D eigenvalue weighted by molar-refractivity contribution is 0.112. The lowest BCUT2D eigenvalue weighted by Crippen LogP contribution is -2.07. The zero-order valence-electron chi connectivity index (χ0n) is 8.62. The van der Waals surface area contributed by atoms with Crippen molar-refractivity contribution in [3.8, 4) is 0 Å². The number of hydrogen-bond acceptors (Lipinski definition) is 3. The van der Waals surface area contributed by atoms with E-state index in [0.29, 0.717) is 17.4 Å². The Morgan fingerprint density at radius 1 is 1.29 bits per heavy atom. The maximum atomic E-state index is 11.3. The molecule has 0 atom stereocenters. The summed E-state index contributed by atoms with van der Waals surface area (Å²) >= 11 is 0. The molecular formula is C11H9NO4P. The van der Waals surface area contributed by atoms with E-state index in [1.807, 2.05) is 0 Å². The average molecular weight is 250 g/mol. The molecule has 0 saturated carbocycles. The van der Waals surface area contributed by atoms with Crippen LogP contribution in [0.15, 0.2) is 24.3 Å². The fraction of sp³-hybridized carbons (Fsp3) is 0. The van der Waals surface area contributed by atoms with Gasteiger partial charge in [-0.1, -0.05) is 12.1 Å². The molecule has 5 nitrogen and oxygen atoms in total. The molecule has 0 aromatic heterocycles. The van der Waals surface area contributed by atoms with Crippen molar-refractivity contribution >= 4 is 35.6 Å². The Bertz CT molecular complexity index is 647. The maximum absolute atomic E-state index is 11.3. The van der Waals surface area contributed by atoms with Crippen LogP contribution in [-0.2, 0) is 4.57 Å². The van der Waals surface area contributed by atoms with E-state index < -0.39 is 7.60 Å². The van der Waals surface area contributed by atoms with Gasteiger partial charge in [0.1, 0.15) is 6.29 Å². The van der Waals surface area contributed by atoms with Crippen LogP contribution in [0.2, 0.25) is 0 Å². The van der Waals surface area contributed by atoms with Crippen LogP contribution in [0.5, 0.6) is 0 Å². The summed E-state index contributed by atoms with van der Waals surface area (Å²) in [6, 6.07) is 8.34. The van der Waals surface area contributed by atoms with Crippen LogP contribution in [0.3, 0.4) is 0 Å². The first-order valence-corrected chi connectivity index (χ1v) is 6.30. The predicted molar refractivity (Wildman–Crippen MR) is 64.3 cm³/mol. The first-order valence-electron chi connectivity index (χ1n) is 4.68. The molecule has 0 bridgehead atoms. The van der Waals surface area contributed by atoms with Crippen molar-refractivity contribution in [2.45, 2.75) is 0 Å². The highest BCUT2D eigenvalue weighted by atomic mass is 31.2. The summed E-state index contributed by atoms with van der Waals surface area (Å²) in [6.07, 6.45) is 0.576. The topological polar surface area (TPSA) is 101 Å². The Morgan fingerprint density at radius 3 is 2.59 bits per heavy atom. The third-order valence-electron chi connectivity index (χ3n) is 2.39. The first kappa shape index (κ1) is 11.8. The number of hydrogen-bond donors (Lipinski definition) is 3. The van der Waals surface area contributed by atoms with Gasteiger partial charge in [-0.05, 0) is 18.2 Å². The van der Waals surface area contributed by atoms with E-state index in [1.54, 1.807) is 6.07 Å². The van der Waals surface area contributed by atoms with Crippen molar-refractivity contribution in [1.29, 1.82) is 0 Å². The summed E-state index contributed by atoms with van der Waals surface area (Å²) in [6.45, 7) is 0. The van der Waals surface area contributed by atoms with Gasteiger partial charge in [-0.25, -0.2) is 0 Å². The van der Waals surface area contributed by atoms with Crippen LogP contribution < -0.4 is 11.0 Å². The molecule has 87 valence electrons. The van der Waals surface area contributed by atoms with Crippen LogP contribution in [0.25, 0.3) is 10.8 Å². The van der Waals surface area contributed by atoms with Gasteiger partial charge in [0.2, 0.25) is 0 Å². The number of nitrogens with two attached hydrogens (primary N) is 1. The number of carbonyl (C=O) groups is 1. The minimum atomic E-state index is -4.44. The second-order valence-corrected chi connectivity index (χ2v) is 5.09. The van der Waals surface area contributed by atoms with Crippen LogP contribution in [0.1, 0.15) is 10.4 Å². The quantitative estimate of drug-likeness (QED) is 0.416. The van der Waals surface area contributed by atoms with Crippen molar-refractivity contribution in [2.24, 2.45) is 0 Å². The van der Waals surface area contributed by atoms with E-state index in [2.05, 4.69) is 6.07 Å². The number of nitrogen functional groups attached to an aromatic ring is 1. The van der Waals surface area contributed by atoms with E-state index in [4.69, 9.17) is 5.73 Å². The van der Waals surface area contributed by atoms with Gasteiger partial charge >= 0.3 is 7.60 Å². The smallest absolute Gasteiger partial charge is 0.357 e. The van der Waals surface area contributed by atoms with Crippen LogP contribution >= 0.6 is 7.60 Å². The van der Waals surface area contributed by atoms with E-state index in [9.17, 15) is 19.1 Å². The maximum Gasteiger partial charge on any atom is 0.357 e. The molecular weight excluding hydrogens is 241 g/mol. The van der Waals surface area contributed by atoms with Gasteiger partial charge in [-0.3, -0.25) is 9.36 Å². The second-order valence-electron chi connectivity index (χ2n) is 3.56. The second kappa shape index (κ2) is 3.96. The molecule has 2 aromatic rings. The van der Waals surface area contributed by atoms with Gasteiger partial charge in [0.25, 0.3) is 0 Å². The molecule has 0 fully saturated rings. The number of aldehydes is 1. The summed E-state index contributed by atoms with van der Waals surface area (Å²) in [4.78, 5) is 29.1. The van der Waals surface area contributed by atoms with Crippen molar-refractivity contribution in [3.05, 3.63) is 35.9 Å². The Morgan fingerprint density at radius 2 is 2.00 bits per heavy atom. The lowest BCUT2D eigenvalue weighted by Gasteiger charge is -2.09. The summed E-state index contributed by atoms with van der Waals surface area (Å²) in [5.74, 6) is 0. The first-order chi connectivity index (χ1) is 7.93. The molecule has 1 radical (unpaired) electrons. The average Bonchev–Trinajstić information content (AvgIpc) is 2.26. The normalized spacial score (nSPS) is 11.6. The van der Waals surface area contributed by atoms with Crippen LogP contribution in [0.4, 0.5) is 5.69 Å². The predicted octanol–water partition coefficient (Wildman–Crippen LogP) is 0.838. The molecule has 0 unspecified atom stereocenters. The van der Waals surface area contributed by atoms with E-state index in [1.165, 1.54) is 18.2 Å². The Labute approximate surface area is 97.0 Å². The molecule has 6 heteroatoms. The third kappa shape index (κ3) is 2.08. The summed E-state index contributed by atoms with van der Waals surface area (Å²) in [5.41, 5.74) is 6.29. The van der Waals surface area contributed by atoms with Gasteiger partial charge in [0.05, 0.1) is 5.30 Å². The van der Waals surface area contributed by atoms with E-state index in [-0.39, 0.29) is 16.3 Å². The summed E-state index contributed by atoms with van der Waals surface area (Å²) in [7, 11) is -4.44. The van der Waals surface area contributed by atoms with Gasteiger partial charge in [0, 0.05) is 22.0 Å². The SMILES string of the molecule is Nc1cc(C=O)cc2c(P(=O)(O)O)[c]ccc12. The fourth-order valence-corrected chi connectivity index (χ4v) is 2.41. The van der Waals surface area contributed by atoms with E-state index >= 15 is 0 Å². The van der Waals surface area contributed by atoms with Crippen molar-refractivity contribution in [1.82, 2.24) is 0 Å². The minimum absolute atomic E-state index is 0.245. The molecule has 0 aliphatic heterocycles. The highest BCUT2D eigenvalue weighted by molar-refractivity contribution is 7.60. The molecule has 2 rings (SSSR count). The van der Waals surface area contributed by atoms with Crippen LogP contribution in [-0.4, -0.2) is 16.1 Å². The Balaban J connectivity index is 2.92. The fourth-order valence-electron chi connectivity index (χ4n) is 1.67. The van der Waals surface area contributed by atoms with Gasteiger partial charge in [-0.15, -0.1) is 0 Å². The molecule has 0 heterocycles. The van der Waals surface area contributed by atoms with Crippen LogP contribution in [0, 0.1) is 6.07 Å². The van der Waals surface area contributed by atoms with Gasteiger partial charge in [-0.2, -0.15) is 0 Å². The Kier molecular flexibility index (Phi) is 2.75. The minimum Gasteiger partial charge on any atom is -0.398 e. The van der Waals surface area contributed by atoms with Crippen molar-refractivity contribution in [2.75, 3.05) is 5.73 Å². The van der Waals surface area contributed by atoms with Gasteiger partial charge < -0.3 is 15.5 Å². The lowest BCUT2D eigenvalue weighted by atomic mass is 10.1. The zero-order valence-corrected chi connectivity index (χ0v) is 9.52. The molecule has 0 spiro atoms. The zero-order chi connectivity index (χ0) is 12.6. The largest absolute Gasteiger partial charge is 0.398 e.